The van der Waals surface area contributed by atoms with Gasteiger partial charge in [-0.25, -0.2) is 0 Å². The predicted octanol–water partition coefficient (Wildman–Crippen LogP) is 7.23. The zero-order valence-electron chi connectivity index (χ0n) is 15.5. The molecule has 134 valence electrons. The van der Waals surface area contributed by atoms with Gasteiger partial charge in [0.25, 0.3) is 0 Å². The van der Waals surface area contributed by atoms with E-state index in [2.05, 4.69) is 0 Å². The van der Waals surface area contributed by atoms with Crippen LogP contribution in [0.1, 0.15) is 122 Å². The first-order valence-corrected chi connectivity index (χ1v) is 10.9. The number of carbonyl (C=O) groups is 1. The summed E-state index contributed by atoms with van der Waals surface area (Å²) in [6.07, 6.45) is 25.3. The van der Waals surface area contributed by atoms with Crippen LogP contribution in [0.25, 0.3) is 0 Å². The molecule has 2 aliphatic carbocycles. The quantitative estimate of drug-likeness (QED) is 0.498. The summed E-state index contributed by atoms with van der Waals surface area (Å²) in [4.78, 5) is 12.4. The number of rotatable bonds is 1. The average molecular weight is 321 g/mol. The molecule has 2 saturated carbocycles. The van der Waals surface area contributed by atoms with Crippen molar-refractivity contribution in [2.75, 3.05) is 0 Å². The van der Waals surface area contributed by atoms with Gasteiger partial charge in [0.2, 0.25) is 0 Å². The van der Waals surface area contributed by atoms with E-state index >= 15 is 0 Å². The van der Waals surface area contributed by atoms with E-state index in [0.717, 1.165) is 25.2 Å². The summed E-state index contributed by atoms with van der Waals surface area (Å²) in [5, 5.41) is 0. The van der Waals surface area contributed by atoms with Crippen LogP contribution in [0.5, 0.6) is 0 Å². The molecule has 2 fully saturated rings. The van der Waals surface area contributed by atoms with Gasteiger partial charge in [0, 0.05) is 12.8 Å². The molecule has 1 nitrogen and oxygen atoms in total. The van der Waals surface area contributed by atoms with Crippen LogP contribution in [0, 0.1) is 11.8 Å². The lowest BCUT2D eigenvalue weighted by atomic mass is 9.78. The third-order valence-electron chi connectivity index (χ3n) is 6.34. The van der Waals surface area contributed by atoms with Gasteiger partial charge in [-0.1, -0.05) is 96.3 Å². The molecule has 0 aromatic carbocycles. The average Bonchev–Trinajstić information content (AvgIpc) is 2.64. The molecule has 0 aliphatic heterocycles. The Morgan fingerprint density at radius 2 is 0.870 bits per heavy atom. The summed E-state index contributed by atoms with van der Waals surface area (Å²) in [6, 6.07) is 0. The normalized spacial score (nSPS) is 28.5. The maximum Gasteiger partial charge on any atom is 0.133 e. The third-order valence-corrected chi connectivity index (χ3v) is 6.34. The summed E-state index contributed by atoms with van der Waals surface area (Å²) >= 11 is 0. The molecular formula is C22H40O. The second kappa shape index (κ2) is 12.1. The Balaban J connectivity index is 1.91. The van der Waals surface area contributed by atoms with E-state index in [1.807, 2.05) is 0 Å². The largest absolute Gasteiger partial charge is 0.300 e. The molecule has 2 aliphatic rings. The summed E-state index contributed by atoms with van der Waals surface area (Å²) < 4.78 is 0. The third kappa shape index (κ3) is 8.36. The van der Waals surface area contributed by atoms with Crippen molar-refractivity contribution in [2.24, 2.45) is 11.8 Å². The lowest BCUT2D eigenvalue weighted by Crippen LogP contribution is -2.19. The molecule has 1 atom stereocenters. The van der Waals surface area contributed by atoms with Crippen LogP contribution in [-0.2, 0) is 4.79 Å². The van der Waals surface area contributed by atoms with E-state index < -0.39 is 0 Å². The lowest BCUT2D eigenvalue weighted by Gasteiger charge is -2.27. The molecule has 0 radical (unpaired) electrons. The molecule has 0 aromatic heterocycles. The number of hydrogen-bond donors (Lipinski definition) is 0. The number of Topliss-reactive ketones (excluding diaryl/α,β-unsaturated/α-hetero) is 1. The Labute approximate surface area is 145 Å². The molecule has 1 heteroatoms. The van der Waals surface area contributed by atoms with Gasteiger partial charge in [-0.15, -0.1) is 0 Å². The van der Waals surface area contributed by atoms with E-state index in [9.17, 15) is 4.79 Å². The topological polar surface area (TPSA) is 17.1 Å². The fraction of sp³-hybridized carbons (Fsp3) is 0.955. The van der Waals surface area contributed by atoms with Crippen LogP contribution in [-0.4, -0.2) is 5.78 Å². The molecular weight excluding hydrogens is 280 g/mol. The van der Waals surface area contributed by atoms with Crippen LogP contribution in [0.2, 0.25) is 0 Å². The van der Waals surface area contributed by atoms with Gasteiger partial charge >= 0.3 is 0 Å². The minimum atomic E-state index is 0.575. The molecule has 1 unspecified atom stereocenters. The van der Waals surface area contributed by atoms with Gasteiger partial charge in [-0.2, -0.15) is 0 Å². The van der Waals surface area contributed by atoms with Crippen molar-refractivity contribution in [3.05, 3.63) is 0 Å². The standard InChI is InChI=1S/C22H40O/c23-22-18-14-10-6-5-9-13-17-21(19-22)20-15-11-7-3-1-2-4-8-12-16-20/h20-21H,1-19H2. The molecule has 2 rings (SSSR count). The first kappa shape index (κ1) is 19.0. The number of hydrogen-bond acceptors (Lipinski definition) is 1. The van der Waals surface area contributed by atoms with Crippen LogP contribution in [0.3, 0.4) is 0 Å². The van der Waals surface area contributed by atoms with Crippen molar-refractivity contribution >= 4 is 5.78 Å². The smallest absolute Gasteiger partial charge is 0.133 e. The maximum absolute atomic E-state index is 12.4. The zero-order valence-corrected chi connectivity index (χ0v) is 15.5. The zero-order chi connectivity index (χ0) is 16.2. The van der Waals surface area contributed by atoms with Crippen LogP contribution in [0.4, 0.5) is 0 Å². The van der Waals surface area contributed by atoms with Crippen LogP contribution < -0.4 is 0 Å². The van der Waals surface area contributed by atoms with Crippen molar-refractivity contribution in [1.82, 2.24) is 0 Å². The molecule has 0 aromatic rings. The highest BCUT2D eigenvalue weighted by Crippen LogP contribution is 2.33. The molecule has 0 N–H and O–H groups in total. The van der Waals surface area contributed by atoms with Gasteiger partial charge in [0.1, 0.15) is 5.78 Å². The molecule has 0 bridgehead atoms. The van der Waals surface area contributed by atoms with Gasteiger partial charge in [0.15, 0.2) is 0 Å². The monoisotopic (exact) mass is 320 g/mol. The second-order valence-corrected chi connectivity index (χ2v) is 8.33. The summed E-state index contributed by atoms with van der Waals surface area (Å²) in [7, 11) is 0. The first-order chi connectivity index (χ1) is 11.4. The molecule has 0 amide bonds. The Kier molecular flexibility index (Phi) is 9.99. The first-order valence-electron chi connectivity index (χ1n) is 10.9. The fourth-order valence-electron chi connectivity index (χ4n) is 4.82. The summed E-state index contributed by atoms with van der Waals surface area (Å²) in [6.45, 7) is 0. The van der Waals surface area contributed by atoms with Crippen molar-refractivity contribution in [3.63, 3.8) is 0 Å². The number of carbonyl (C=O) groups excluding carboxylic acids is 1. The predicted molar refractivity (Wildman–Crippen MR) is 99.7 cm³/mol. The minimum absolute atomic E-state index is 0.575. The Morgan fingerprint density at radius 3 is 1.39 bits per heavy atom. The van der Waals surface area contributed by atoms with E-state index in [1.165, 1.54) is 103 Å². The Hall–Kier alpha value is -0.330. The van der Waals surface area contributed by atoms with Crippen molar-refractivity contribution < 1.29 is 4.79 Å². The highest BCUT2D eigenvalue weighted by molar-refractivity contribution is 5.78. The lowest BCUT2D eigenvalue weighted by molar-refractivity contribution is -0.120. The van der Waals surface area contributed by atoms with Gasteiger partial charge in [-0.05, 0) is 24.7 Å². The molecule has 0 saturated heterocycles. The summed E-state index contributed by atoms with van der Waals surface area (Å²) in [5.74, 6) is 2.13. The number of ketones is 1. The van der Waals surface area contributed by atoms with Crippen LogP contribution in [0.15, 0.2) is 0 Å². The van der Waals surface area contributed by atoms with Crippen LogP contribution >= 0.6 is 0 Å². The van der Waals surface area contributed by atoms with E-state index in [-0.39, 0.29) is 0 Å². The van der Waals surface area contributed by atoms with Gasteiger partial charge in [-0.3, -0.25) is 4.79 Å². The Morgan fingerprint density at radius 1 is 0.478 bits per heavy atom. The second-order valence-electron chi connectivity index (χ2n) is 8.33. The fourth-order valence-corrected chi connectivity index (χ4v) is 4.82. The SMILES string of the molecule is O=C1CCCCCCCCC(C2CCCCCCCCCC2)C1. The van der Waals surface area contributed by atoms with Crippen molar-refractivity contribution in [1.29, 1.82) is 0 Å². The maximum atomic E-state index is 12.4. The molecule has 0 heterocycles. The van der Waals surface area contributed by atoms with Crippen molar-refractivity contribution in [2.45, 2.75) is 122 Å². The van der Waals surface area contributed by atoms with E-state index in [1.54, 1.807) is 0 Å². The molecule has 23 heavy (non-hydrogen) atoms. The van der Waals surface area contributed by atoms with E-state index in [0.29, 0.717) is 11.7 Å². The highest BCUT2D eigenvalue weighted by Gasteiger charge is 2.23. The highest BCUT2D eigenvalue weighted by atomic mass is 16.1. The van der Waals surface area contributed by atoms with Gasteiger partial charge < -0.3 is 0 Å². The summed E-state index contributed by atoms with van der Waals surface area (Å²) in [5.41, 5.74) is 0. The minimum Gasteiger partial charge on any atom is -0.300 e. The van der Waals surface area contributed by atoms with Crippen molar-refractivity contribution in [3.8, 4) is 0 Å². The van der Waals surface area contributed by atoms with Gasteiger partial charge in [0.05, 0.1) is 0 Å². The molecule has 0 spiro atoms. The Bertz CT molecular complexity index is 297. The van der Waals surface area contributed by atoms with E-state index in [4.69, 9.17) is 0 Å².